The van der Waals surface area contributed by atoms with Gasteiger partial charge in [-0.25, -0.2) is 0 Å². The third-order valence-electron chi connectivity index (χ3n) is 6.53. The molecule has 0 fully saturated rings. The number of benzene rings is 2. The summed E-state index contributed by atoms with van der Waals surface area (Å²) in [7, 11) is 0. The molecule has 35 heavy (non-hydrogen) atoms. The zero-order chi connectivity index (χ0) is 24.6. The molecule has 0 bridgehead atoms. The van der Waals surface area contributed by atoms with Crippen molar-refractivity contribution in [3.05, 3.63) is 94.5 Å². The molecule has 1 atom stereocenters. The first kappa shape index (κ1) is 23.1. The van der Waals surface area contributed by atoms with Gasteiger partial charge in [0.2, 0.25) is 5.91 Å². The fraction of sp³-hybridized carbons (Fsp3) is 0.250. The van der Waals surface area contributed by atoms with E-state index >= 15 is 0 Å². The summed E-state index contributed by atoms with van der Waals surface area (Å²) in [6.45, 7) is 6.58. The number of hydrogen-bond donors (Lipinski definition) is 1. The van der Waals surface area contributed by atoms with E-state index in [4.69, 9.17) is 5.10 Å². The van der Waals surface area contributed by atoms with E-state index in [0.29, 0.717) is 17.9 Å². The lowest BCUT2D eigenvalue weighted by atomic mass is 9.93. The maximum atomic E-state index is 13.9. The van der Waals surface area contributed by atoms with Gasteiger partial charge >= 0.3 is 0 Å². The molecule has 0 saturated carbocycles. The molecular formula is C28H28N4O2S. The summed E-state index contributed by atoms with van der Waals surface area (Å²) in [6, 6.07) is 21.7. The van der Waals surface area contributed by atoms with Crippen LogP contribution in [0.1, 0.15) is 41.0 Å². The van der Waals surface area contributed by atoms with Gasteiger partial charge in [0, 0.05) is 12.2 Å². The van der Waals surface area contributed by atoms with Crippen LogP contribution >= 0.6 is 11.3 Å². The van der Waals surface area contributed by atoms with Crippen LogP contribution in [0.25, 0.3) is 10.6 Å². The molecule has 4 aromatic rings. The lowest BCUT2D eigenvalue weighted by Gasteiger charge is -2.43. The van der Waals surface area contributed by atoms with Crippen molar-refractivity contribution in [3.8, 4) is 10.6 Å². The highest BCUT2D eigenvalue weighted by Crippen LogP contribution is 2.35. The Balaban J connectivity index is 1.54. The van der Waals surface area contributed by atoms with Crippen molar-refractivity contribution in [2.75, 3.05) is 4.90 Å². The van der Waals surface area contributed by atoms with Crippen LogP contribution in [-0.4, -0.2) is 27.1 Å². The molecule has 0 spiro atoms. The van der Waals surface area contributed by atoms with E-state index in [1.54, 1.807) is 20.9 Å². The number of carbonyl (C=O) groups excluding carboxylic acids is 2. The topological polar surface area (TPSA) is 67.2 Å². The largest absolute Gasteiger partial charge is 0.350 e. The van der Waals surface area contributed by atoms with Crippen LogP contribution in [0.3, 0.4) is 0 Å². The number of nitrogens with one attached hydrogen (secondary N) is 1. The maximum Gasteiger partial charge on any atom is 0.277 e. The lowest BCUT2D eigenvalue weighted by Crippen LogP contribution is -2.64. The van der Waals surface area contributed by atoms with Crippen molar-refractivity contribution in [1.29, 1.82) is 0 Å². The van der Waals surface area contributed by atoms with Crippen LogP contribution in [0, 0.1) is 6.92 Å². The predicted octanol–water partition coefficient (Wildman–Crippen LogP) is 5.22. The molecule has 1 aliphatic heterocycles. The second-order valence-electron chi connectivity index (χ2n) is 9.16. The molecule has 0 radical (unpaired) electrons. The SMILES string of the molecule is CCc1cccc(N2C(=O)c3cc(-c4cccs4)nn3C[C@]2(C)C(=O)NCc2cccc(C)c2)c1. The Bertz CT molecular complexity index is 1390. The minimum atomic E-state index is -1.15. The smallest absolute Gasteiger partial charge is 0.277 e. The summed E-state index contributed by atoms with van der Waals surface area (Å²) in [6.07, 6.45) is 0.840. The van der Waals surface area contributed by atoms with Gasteiger partial charge in [-0.2, -0.15) is 5.10 Å². The van der Waals surface area contributed by atoms with E-state index in [2.05, 4.69) is 18.3 Å². The number of aromatic nitrogens is 2. The average molecular weight is 485 g/mol. The Morgan fingerprint density at radius 2 is 1.89 bits per heavy atom. The highest BCUT2D eigenvalue weighted by Gasteiger charge is 2.49. The van der Waals surface area contributed by atoms with Crippen molar-refractivity contribution < 1.29 is 9.59 Å². The fourth-order valence-electron chi connectivity index (χ4n) is 4.64. The van der Waals surface area contributed by atoms with Gasteiger partial charge in [-0.1, -0.05) is 55.0 Å². The van der Waals surface area contributed by atoms with E-state index in [9.17, 15) is 9.59 Å². The molecule has 0 unspecified atom stereocenters. The molecule has 7 heteroatoms. The highest BCUT2D eigenvalue weighted by atomic mass is 32.1. The number of amides is 2. The minimum Gasteiger partial charge on any atom is -0.350 e. The second-order valence-corrected chi connectivity index (χ2v) is 10.1. The van der Waals surface area contributed by atoms with Gasteiger partial charge in [-0.15, -0.1) is 11.3 Å². The molecule has 1 aliphatic rings. The summed E-state index contributed by atoms with van der Waals surface area (Å²) in [5, 5.41) is 9.78. The van der Waals surface area contributed by atoms with Gasteiger partial charge in [0.1, 0.15) is 16.9 Å². The molecule has 0 aliphatic carbocycles. The van der Waals surface area contributed by atoms with Crippen LogP contribution in [0.4, 0.5) is 5.69 Å². The van der Waals surface area contributed by atoms with Crippen molar-refractivity contribution in [2.45, 2.75) is 45.8 Å². The molecule has 178 valence electrons. The van der Waals surface area contributed by atoms with E-state index in [1.807, 2.05) is 79.9 Å². The Morgan fingerprint density at radius 3 is 2.63 bits per heavy atom. The Kier molecular flexibility index (Phi) is 6.03. The number of thiophene rings is 1. The molecule has 5 rings (SSSR count). The number of fused-ring (bicyclic) bond motifs is 1. The molecule has 2 aromatic heterocycles. The molecule has 3 heterocycles. The first-order chi connectivity index (χ1) is 16.9. The maximum absolute atomic E-state index is 13.9. The number of hydrogen-bond acceptors (Lipinski definition) is 4. The summed E-state index contributed by atoms with van der Waals surface area (Å²) in [4.78, 5) is 30.3. The summed E-state index contributed by atoms with van der Waals surface area (Å²) in [5.41, 5.74) is 4.05. The molecule has 2 amide bonds. The quantitative estimate of drug-likeness (QED) is 0.408. The van der Waals surface area contributed by atoms with Gasteiger partial charge in [-0.3, -0.25) is 19.2 Å². The summed E-state index contributed by atoms with van der Waals surface area (Å²) < 4.78 is 1.68. The van der Waals surface area contributed by atoms with Crippen LogP contribution in [0.5, 0.6) is 0 Å². The van der Waals surface area contributed by atoms with E-state index in [-0.39, 0.29) is 18.4 Å². The summed E-state index contributed by atoms with van der Waals surface area (Å²) in [5.74, 6) is -0.443. The second kappa shape index (κ2) is 9.15. The van der Waals surface area contributed by atoms with Crippen molar-refractivity contribution >= 4 is 28.8 Å². The number of anilines is 1. The number of carbonyl (C=O) groups is 2. The van der Waals surface area contributed by atoms with Crippen molar-refractivity contribution in [2.24, 2.45) is 0 Å². The average Bonchev–Trinajstić information content (AvgIpc) is 3.53. The first-order valence-corrected chi connectivity index (χ1v) is 12.7. The van der Waals surface area contributed by atoms with Gasteiger partial charge in [0.25, 0.3) is 5.91 Å². The van der Waals surface area contributed by atoms with Crippen molar-refractivity contribution in [1.82, 2.24) is 15.1 Å². The third-order valence-corrected chi connectivity index (χ3v) is 7.42. The van der Waals surface area contributed by atoms with Gasteiger partial charge in [0.05, 0.1) is 11.4 Å². The van der Waals surface area contributed by atoms with Crippen LogP contribution in [-0.2, 0) is 24.3 Å². The zero-order valence-electron chi connectivity index (χ0n) is 20.1. The standard InChI is InChI=1S/C28H28N4O2S/c1-4-20-9-6-11-22(15-20)32-26(33)24-16-23(25-12-7-13-35-25)30-31(24)18-28(32,3)27(34)29-17-21-10-5-8-19(2)14-21/h5-16H,4,17-18H2,1-3H3,(H,29,34)/t28-/m1/s1. The van der Waals surface area contributed by atoms with Crippen LogP contribution in [0.2, 0.25) is 0 Å². The zero-order valence-corrected chi connectivity index (χ0v) is 20.9. The lowest BCUT2D eigenvalue weighted by molar-refractivity contribution is -0.126. The Morgan fingerprint density at radius 1 is 1.09 bits per heavy atom. The Hall–Kier alpha value is -3.71. The molecule has 6 nitrogen and oxygen atoms in total. The van der Waals surface area contributed by atoms with Crippen LogP contribution in [0.15, 0.2) is 72.1 Å². The van der Waals surface area contributed by atoms with Crippen molar-refractivity contribution in [3.63, 3.8) is 0 Å². The fourth-order valence-corrected chi connectivity index (χ4v) is 5.32. The highest BCUT2D eigenvalue weighted by molar-refractivity contribution is 7.13. The molecular weight excluding hydrogens is 456 g/mol. The molecule has 1 N–H and O–H groups in total. The van der Waals surface area contributed by atoms with Crippen LogP contribution < -0.4 is 10.2 Å². The monoisotopic (exact) mass is 484 g/mol. The number of nitrogens with zero attached hydrogens (tertiary/aromatic N) is 3. The van der Waals surface area contributed by atoms with E-state index in [1.165, 1.54) is 0 Å². The minimum absolute atomic E-state index is 0.215. The third kappa shape index (κ3) is 4.28. The molecule has 2 aromatic carbocycles. The molecule has 0 saturated heterocycles. The van der Waals surface area contributed by atoms with Gasteiger partial charge in [0.15, 0.2) is 0 Å². The normalized spacial score (nSPS) is 17.3. The van der Waals surface area contributed by atoms with E-state index < -0.39 is 5.54 Å². The number of rotatable bonds is 6. The first-order valence-electron chi connectivity index (χ1n) is 11.8. The van der Waals surface area contributed by atoms with E-state index in [0.717, 1.165) is 33.7 Å². The predicted molar refractivity (Wildman–Crippen MR) is 140 cm³/mol. The van der Waals surface area contributed by atoms with Gasteiger partial charge in [-0.05, 0) is 61.0 Å². The number of aryl methyl sites for hydroxylation is 2. The summed E-state index contributed by atoms with van der Waals surface area (Å²) >= 11 is 1.58. The van der Waals surface area contributed by atoms with Gasteiger partial charge < -0.3 is 5.32 Å². The Labute approximate surface area is 209 Å².